The van der Waals surface area contributed by atoms with Crippen LogP contribution >= 0.6 is 0 Å². The molecule has 0 saturated heterocycles. The molecule has 0 bridgehead atoms. The summed E-state index contributed by atoms with van der Waals surface area (Å²) >= 11 is 0. The molecule has 0 spiro atoms. The van der Waals surface area contributed by atoms with Gasteiger partial charge in [0, 0.05) is 6.04 Å². The molecule has 0 radical (unpaired) electrons. The van der Waals surface area contributed by atoms with Crippen LogP contribution in [-0.2, 0) is 0 Å². The quantitative estimate of drug-likeness (QED) is 0.592. The molecule has 2 atom stereocenters. The third-order valence-electron chi connectivity index (χ3n) is 2.30. The van der Waals surface area contributed by atoms with E-state index < -0.39 is 0 Å². The van der Waals surface area contributed by atoms with Crippen LogP contribution < -0.4 is 5.32 Å². The minimum absolute atomic E-state index is 0.263. The molecular formula is C8H14N2. The molecule has 0 aromatic rings. The Labute approximate surface area is 62.2 Å². The standard InChI is InChI=1S/C8H14N2/c1-10-8-5-3-2-4-7(8)6-9/h7-8,10H,2-5H2,1H3/t7-,8-/m1/s1. The van der Waals surface area contributed by atoms with Crippen molar-refractivity contribution in [1.82, 2.24) is 5.32 Å². The fourth-order valence-corrected chi connectivity index (χ4v) is 1.63. The first kappa shape index (κ1) is 7.56. The van der Waals surface area contributed by atoms with Crippen molar-refractivity contribution in [2.45, 2.75) is 31.7 Å². The van der Waals surface area contributed by atoms with Crippen LogP contribution in [-0.4, -0.2) is 13.1 Å². The summed E-state index contributed by atoms with van der Waals surface area (Å²) in [7, 11) is 1.94. The fourth-order valence-electron chi connectivity index (χ4n) is 1.63. The highest BCUT2D eigenvalue weighted by Crippen LogP contribution is 2.22. The Kier molecular flexibility index (Phi) is 2.70. The minimum Gasteiger partial charge on any atom is -0.316 e. The Bertz CT molecular complexity index is 137. The van der Waals surface area contributed by atoms with Crippen molar-refractivity contribution in [3.05, 3.63) is 0 Å². The topological polar surface area (TPSA) is 35.8 Å². The van der Waals surface area contributed by atoms with Gasteiger partial charge in [-0.2, -0.15) is 5.26 Å². The van der Waals surface area contributed by atoms with E-state index in [1.54, 1.807) is 0 Å². The molecule has 1 saturated carbocycles. The van der Waals surface area contributed by atoms with Crippen LogP contribution in [0.1, 0.15) is 25.7 Å². The Hall–Kier alpha value is -0.550. The summed E-state index contributed by atoms with van der Waals surface area (Å²) in [5, 5.41) is 11.9. The number of hydrogen-bond donors (Lipinski definition) is 1. The van der Waals surface area contributed by atoms with Crippen LogP contribution in [0.2, 0.25) is 0 Å². The van der Waals surface area contributed by atoms with Gasteiger partial charge in [-0.25, -0.2) is 0 Å². The maximum atomic E-state index is 8.70. The highest BCUT2D eigenvalue weighted by Gasteiger charge is 2.22. The van der Waals surface area contributed by atoms with Gasteiger partial charge in [0.2, 0.25) is 0 Å². The summed E-state index contributed by atoms with van der Waals surface area (Å²) in [6.45, 7) is 0. The summed E-state index contributed by atoms with van der Waals surface area (Å²) in [6.07, 6.45) is 4.77. The Morgan fingerprint density at radius 3 is 2.60 bits per heavy atom. The number of rotatable bonds is 1. The van der Waals surface area contributed by atoms with E-state index in [0.717, 1.165) is 6.42 Å². The SMILES string of the molecule is CN[C@@H]1CCCC[C@@H]1C#N. The molecule has 2 nitrogen and oxygen atoms in total. The van der Waals surface area contributed by atoms with Crippen LogP contribution in [0.15, 0.2) is 0 Å². The van der Waals surface area contributed by atoms with Crippen LogP contribution in [0.25, 0.3) is 0 Å². The first-order chi connectivity index (χ1) is 4.88. The second-order valence-corrected chi connectivity index (χ2v) is 2.92. The lowest BCUT2D eigenvalue weighted by molar-refractivity contribution is 0.328. The molecule has 10 heavy (non-hydrogen) atoms. The van der Waals surface area contributed by atoms with Gasteiger partial charge in [0.05, 0.1) is 12.0 Å². The van der Waals surface area contributed by atoms with Crippen molar-refractivity contribution in [2.75, 3.05) is 7.05 Å². The van der Waals surface area contributed by atoms with Crippen molar-refractivity contribution >= 4 is 0 Å². The molecule has 56 valence electrons. The Balaban J connectivity index is 2.44. The molecule has 1 fully saturated rings. The van der Waals surface area contributed by atoms with Gasteiger partial charge in [-0.15, -0.1) is 0 Å². The van der Waals surface area contributed by atoms with Gasteiger partial charge in [0.25, 0.3) is 0 Å². The highest BCUT2D eigenvalue weighted by molar-refractivity contribution is 4.93. The Morgan fingerprint density at radius 2 is 2.10 bits per heavy atom. The van der Waals surface area contributed by atoms with Crippen LogP contribution in [0, 0.1) is 17.2 Å². The number of hydrogen-bond acceptors (Lipinski definition) is 2. The minimum atomic E-state index is 0.263. The molecular weight excluding hydrogens is 124 g/mol. The second kappa shape index (κ2) is 3.58. The number of nitrogens with zero attached hydrogens (tertiary/aromatic N) is 1. The summed E-state index contributed by atoms with van der Waals surface area (Å²) in [5.74, 6) is 0.263. The lowest BCUT2D eigenvalue weighted by Gasteiger charge is -2.25. The largest absolute Gasteiger partial charge is 0.316 e. The fraction of sp³-hybridized carbons (Fsp3) is 0.875. The van der Waals surface area contributed by atoms with Crippen molar-refractivity contribution < 1.29 is 0 Å². The van der Waals surface area contributed by atoms with E-state index in [4.69, 9.17) is 5.26 Å². The maximum Gasteiger partial charge on any atom is 0.0672 e. The van der Waals surface area contributed by atoms with Crippen LogP contribution in [0.4, 0.5) is 0 Å². The molecule has 1 N–H and O–H groups in total. The van der Waals surface area contributed by atoms with Crippen molar-refractivity contribution in [3.63, 3.8) is 0 Å². The summed E-state index contributed by atoms with van der Waals surface area (Å²) in [6, 6.07) is 2.80. The summed E-state index contributed by atoms with van der Waals surface area (Å²) in [5.41, 5.74) is 0. The third-order valence-corrected chi connectivity index (χ3v) is 2.30. The van der Waals surface area contributed by atoms with Gasteiger partial charge in [0.15, 0.2) is 0 Å². The predicted molar refractivity (Wildman–Crippen MR) is 40.4 cm³/mol. The molecule has 0 heterocycles. The van der Waals surface area contributed by atoms with E-state index in [2.05, 4.69) is 11.4 Å². The average Bonchev–Trinajstić information content (AvgIpc) is 2.04. The van der Waals surface area contributed by atoms with E-state index in [-0.39, 0.29) is 5.92 Å². The smallest absolute Gasteiger partial charge is 0.0672 e. The van der Waals surface area contributed by atoms with Crippen molar-refractivity contribution in [2.24, 2.45) is 5.92 Å². The van der Waals surface area contributed by atoms with Gasteiger partial charge >= 0.3 is 0 Å². The van der Waals surface area contributed by atoms with Gasteiger partial charge in [-0.1, -0.05) is 12.8 Å². The molecule has 0 unspecified atom stereocenters. The molecule has 0 aliphatic heterocycles. The van der Waals surface area contributed by atoms with Crippen molar-refractivity contribution in [3.8, 4) is 6.07 Å². The van der Waals surface area contributed by atoms with E-state index >= 15 is 0 Å². The zero-order valence-electron chi connectivity index (χ0n) is 6.43. The van der Waals surface area contributed by atoms with Gasteiger partial charge < -0.3 is 5.32 Å². The molecule has 1 rings (SSSR count). The van der Waals surface area contributed by atoms with Gasteiger partial charge in [0.1, 0.15) is 0 Å². The zero-order valence-corrected chi connectivity index (χ0v) is 6.43. The summed E-state index contributed by atoms with van der Waals surface area (Å²) < 4.78 is 0. The van der Waals surface area contributed by atoms with E-state index in [1.165, 1.54) is 19.3 Å². The molecule has 1 aliphatic carbocycles. The van der Waals surface area contributed by atoms with Crippen LogP contribution in [0.3, 0.4) is 0 Å². The monoisotopic (exact) mass is 138 g/mol. The predicted octanol–water partition coefficient (Wildman–Crippen LogP) is 1.29. The molecule has 0 amide bonds. The lowest BCUT2D eigenvalue weighted by atomic mass is 9.86. The first-order valence-electron chi connectivity index (χ1n) is 3.95. The second-order valence-electron chi connectivity index (χ2n) is 2.92. The average molecular weight is 138 g/mol. The summed E-state index contributed by atoms with van der Waals surface area (Å²) in [4.78, 5) is 0. The van der Waals surface area contributed by atoms with Gasteiger partial charge in [-0.3, -0.25) is 0 Å². The van der Waals surface area contributed by atoms with Crippen molar-refractivity contribution in [1.29, 1.82) is 5.26 Å². The third kappa shape index (κ3) is 1.48. The van der Waals surface area contributed by atoms with E-state index in [1.807, 2.05) is 7.05 Å². The van der Waals surface area contributed by atoms with Crippen LogP contribution in [0.5, 0.6) is 0 Å². The Morgan fingerprint density at radius 1 is 1.40 bits per heavy atom. The molecule has 1 aliphatic rings. The first-order valence-corrected chi connectivity index (χ1v) is 3.95. The molecule has 0 aromatic heterocycles. The molecule has 2 heteroatoms. The lowest BCUT2D eigenvalue weighted by Crippen LogP contribution is -2.35. The number of nitrogens with one attached hydrogen (secondary N) is 1. The number of nitriles is 1. The molecule has 0 aromatic carbocycles. The van der Waals surface area contributed by atoms with E-state index in [9.17, 15) is 0 Å². The maximum absolute atomic E-state index is 8.70. The normalized spacial score (nSPS) is 33.2. The zero-order chi connectivity index (χ0) is 7.40. The van der Waals surface area contributed by atoms with Gasteiger partial charge in [-0.05, 0) is 19.9 Å². The van der Waals surface area contributed by atoms with E-state index in [0.29, 0.717) is 6.04 Å². The highest BCUT2D eigenvalue weighted by atomic mass is 14.9.